The number of aryl methyl sites for hydroxylation is 1. The number of halogens is 1. The molecule has 3 rings (SSSR count). The van der Waals surface area contributed by atoms with E-state index < -0.39 is 0 Å². The maximum Gasteiger partial charge on any atom is 0.270 e. The molecule has 106 valence electrons. The van der Waals surface area contributed by atoms with Crippen molar-refractivity contribution in [2.45, 2.75) is 19.8 Å². The zero-order valence-electron chi connectivity index (χ0n) is 11.9. The van der Waals surface area contributed by atoms with E-state index in [-0.39, 0.29) is 11.7 Å². The fourth-order valence-electron chi connectivity index (χ4n) is 3.04. The first kappa shape index (κ1) is 13.2. The van der Waals surface area contributed by atoms with Gasteiger partial charge in [-0.1, -0.05) is 6.92 Å². The predicted molar refractivity (Wildman–Crippen MR) is 77.2 cm³/mol. The summed E-state index contributed by atoms with van der Waals surface area (Å²) in [5, 5.41) is 0.905. The van der Waals surface area contributed by atoms with Gasteiger partial charge >= 0.3 is 0 Å². The molecule has 0 aliphatic carbocycles. The third-order valence-corrected chi connectivity index (χ3v) is 4.17. The van der Waals surface area contributed by atoms with Crippen molar-refractivity contribution in [3.8, 4) is 0 Å². The Hall–Kier alpha value is -1.84. The van der Waals surface area contributed by atoms with Gasteiger partial charge in [0.05, 0.1) is 5.52 Å². The van der Waals surface area contributed by atoms with E-state index in [9.17, 15) is 9.18 Å². The lowest BCUT2D eigenvalue weighted by Gasteiger charge is -2.31. The molecule has 0 radical (unpaired) electrons. The first-order chi connectivity index (χ1) is 9.56. The summed E-state index contributed by atoms with van der Waals surface area (Å²) in [4.78, 5) is 14.5. The molecule has 1 fully saturated rings. The van der Waals surface area contributed by atoms with Gasteiger partial charge in [0.2, 0.25) is 0 Å². The van der Waals surface area contributed by atoms with Gasteiger partial charge in [-0.2, -0.15) is 0 Å². The lowest BCUT2D eigenvalue weighted by Crippen LogP contribution is -2.39. The third kappa shape index (κ3) is 2.19. The molecule has 2 aromatic rings. The zero-order valence-corrected chi connectivity index (χ0v) is 11.9. The second kappa shape index (κ2) is 4.93. The van der Waals surface area contributed by atoms with Crippen molar-refractivity contribution in [2.24, 2.45) is 13.0 Å². The zero-order chi connectivity index (χ0) is 14.3. The van der Waals surface area contributed by atoms with Crippen molar-refractivity contribution in [2.75, 3.05) is 13.1 Å². The molecule has 4 heteroatoms. The Morgan fingerprint density at radius 2 is 2.15 bits per heavy atom. The molecule has 1 unspecified atom stereocenters. The average molecular weight is 274 g/mol. The van der Waals surface area contributed by atoms with E-state index in [1.165, 1.54) is 18.6 Å². The minimum Gasteiger partial charge on any atom is -0.340 e. The Morgan fingerprint density at radius 3 is 2.90 bits per heavy atom. The number of nitrogens with zero attached hydrogens (tertiary/aromatic N) is 2. The number of fused-ring (bicyclic) bond motifs is 1. The highest BCUT2D eigenvalue weighted by Gasteiger charge is 2.24. The van der Waals surface area contributed by atoms with Gasteiger partial charge in [0.15, 0.2) is 0 Å². The fourth-order valence-corrected chi connectivity index (χ4v) is 3.04. The van der Waals surface area contributed by atoms with Crippen LogP contribution in [0.25, 0.3) is 10.9 Å². The molecule has 1 aliphatic heterocycles. The van der Waals surface area contributed by atoms with Gasteiger partial charge in [-0.05, 0) is 43.0 Å². The van der Waals surface area contributed by atoms with Crippen LogP contribution in [-0.2, 0) is 7.05 Å². The molecular weight excluding hydrogens is 255 g/mol. The Labute approximate surface area is 118 Å². The van der Waals surface area contributed by atoms with Crippen molar-refractivity contribution in [1.82, 2.24) is 9.47 Å². The molecule has 2 heterocycles. The van der Waals surface area contributed by atoms with Crippen LogP contribution in [-0.4, -0.2) is 28.5 Å². The summed E-state index contributed by atoms with van der Waals surface area (Å²) in [5.74, 6) is 0.333. The van der Waals surface area contributed by atoms with E-state index in [0.29, 0.717) is 11.6 Å². The highest BCUT2D eigenvalue weighted by molar-refractivity contribution is 5.98. The minimum atomic E-state index is -0.274. The van der Waals surface area contributed by atoms with Crippen LogP contribution in [0.1, 0.15) is 30.3 Å². The number of amides is 1. The van der Waals surface area contributed by atoms with Crippen LogP contribution in [0.5, 0.6) is 0 Å². The van der Waals surface area contributed by atoms with Crippen LogP contribution >= 0.6 is 0 Å². The summed E-state index contributed by atoms with van der Waals surface area (Å²) >= 11 is 0. The lowest BCUT2D eigenvalue weighted by molar-refractivity contribution is 0.0674. The third-order valence-electron chi connectivity index (χ3n) is 4.17. The minimum absolute atomic E-state index is 0.0515. The summed E-state index contributed by atoms with van der Waals surface area (Å²) < 4.78 is 15.1. The quantitative estimate of drug-likeness (QED) is 0.784. The molecule has 0 spiro atoms. The maximum atomic E-state index is 13.3. The number of hydrogen-bond donors (Lipinski definition) is 0. The first-order valence-corrected chi connectivity index (χ1v) is 7.10. The number of benzene rings is 1. The summed E-state index contributed by atoms with van der Waals surface area (Å²) in [6, 6.07) is 6.49. The van der Waals surface area contributed by atoms with E-state index in [1.807, 2.05) is 18.0 Å². The van der Waals surface area contributed by atoms with E-state index in [1.54, 1.807) is 10.6 Å². The standard InChI is InChI=1S/C16H19FN2O/c1-11-4-3-7-19(10-11)16(20)15-8-12-5-6-13(17)9-14(12)18(15)2/h5-6,8-9,11H,3-4,7,10H2,1-2H3. The van der Waals surface area contributed by atoms with Crippen molar-refractivity contribution in [3.05, 3.63) is 35.8 Å². The van der Waals surface area contributed by atoms with E-state index in [0.717, 1.165) is 30.4 Å². The monoisotopic (exact) mass is 274 g/mol. The average Bonchev–Trinajstić information content (AvgIpc) is 2.75. The number of rotatable bonds is 1. The van der Waals surface area contributed by atoms with E-state index in [4.69, 9.17) is 0 Å². The van der Waals surface area contributed by atoms with Crippen molar-refractivity contribution >= 4 is 16.8 Å². The molecule has 3 nitrogen and oxygen atoms in total. The summed E-state index contributed by atoms with van der Waals surface area (Å²) in [5.41, 5.74) is 1.40. The Kier molecular flexibility index (Phi) is 3.24. The van der Waals surface area contributed by atoms with Crippen molar-refractivity contribution in [1.29, 1.82) is 0 Å². The van der Waals surface area contributed by atoms with Crippen LogP contribution in [0.4, 0.5) is 4.39 Å². The van der Waals surface area contributed by atoms with Gasteiger partial charge in [0.1, 0.15) is 11.5 Å². The van der Waals surface area contributed by atoms with Crippen molar-refractivity contribution in [3.63, 3.8) is 0 Å². The normalized spacial score (nSPS) is 19.6. The number of aromatic nitrogens is 1. The Morgan fingerprint density at radius 1 is 1.35 bits per heavy atom. The SMILES string of the molecule is CC1CCCN(C(=O)c2cc3ccc(F)cc3n2C)C1. The molecule has 0 bridgehead atoms. The smallest absolute Gasteiger partial charge is 0.270 e. The Balaban J connectivity index is 1.97. The van der Waals surface area contributed by atoms with Crippen molar-refractivity contribution < 1.29 is 9.18 Å². The maximum absolute atomic E-state index is 13.3. The van der Waals surface area contributed by atoms with Crippen LogP contribution < -0.4 is 0 Å². The highest BCUT2D eigenvalue weighted by atomic mass is 19.1. The van der Waals surface area contributed by atoms with E-state index >= 15 is 0 Å². The van der Waals surface area contributed by atoms with Crippen LogP contribution in [0, 0.1) is 11.7 Å². The number of hydrogen-bond acceptors (Lipinski definition) is 1. The van der Waals surface area contributed by atoms with Crippen LogP contribution in [0.15, 0.2) is 24.3 Å². The lowest BCUT2D eigenvalue weighted by atomic mass is 10.00. The topological polar surface area (TPSA) is 25.2 Å². The van der Waals surface area contributed by atoms with E-state index in [2.05, 4.69) is 6.92 Å². The first-order valence-electron chi connectivity index (χ1n) is 7.10. The molecule has 1 aromatic heterocycles. The van der Waals surface area contributed by atoms with Gasteiger partial charge in [0.25, 0.3) is 5.91 Å². The predicted octanol–water partition coefficient (Wildman–Crippen LogP) is 3.19. The molecule has 1 amide bonds. The molecule has 1 atom stereocenters. The summed E-state index contributed by atoms with van der Waals surface area (Å²) in [6.45, 7) is 3.81. The molecule has 1 aliphatic rings. The Bertz CT molecular complexity index is 662. The number of piperidine rings is 1. The van der Waals surface area contributed by atoms with Gasteiger partial charge < -0.3 is 9.47 Å². The molecular formula is C16H19FN2O. The number of carbonyl (C=O) groups is 1. The van der Waals surface area contributed by atoms with Crippen LogP contribution in [0.2, 0.25) is 0 Å². The number of likely N-dealkylation sites (tertiary alicyclic amines) is 1. The van der Waals surface area contributed by atoms with Gasteiger partial charge in [-0.15, -0.1) is 0 Å². The van der Waals surface area contributed by atoms with Gasteiger partial charge in [0, 0.05) is 25.5 Å². The van der Waals surface area contributed by atoms with Gasteiger partial charge in [-0.3, -0.25) is 4.79 Å². The molecule has 1 aromatic carbocycles. The fraction of sp³-hybridized carbons (Fsp3) is 0.438. The summed E-state index contributed by atoms with van der Waals surface area (Å²) in [7, 11) is 1.82. The second-order valence-corrected chi connectivity index (χ2v) is 5.79. The molecule has 1 saturated heterocycles. The highest BCUT2D eigenvalue weighted by Crippen LogP contribution is 2.23. The summed E-state index contributed by atoms with van der Waals surface area (Å²) in [6.07, 6.45) is 2.25. The second-order valence-electron chi connectivity index (χ2n) is 5.79. The number of carbonyl (C=O) groups excluding carboxylic acids is 1. The molecule has 20 heavy (non-hydrogen) atoms. The largest absolute Gasteiger partial charge is 0.340 e. The van der Waals surface area contributed by atoms with Crippen LogP contribution in [0.3, 0.4) is 0 Å². The van der Waals surface area contributed by atoms with Gasteiger partial charge in [-0.25, -0.2) is 4.39 Å². The molecule has 0 N–H and O–H groups in total. The molecule has 0 saturated carbocycles.